The Kier molecular flexibility index (Phi) is 13.1. The van der Waals surface area contributed by atoms with Gasteiger partial charge in [-0.25, -0.2) is 4.79 Å². The molecule has 32 heavy (non-hydrogen) atoms. The second-order valence-corrected chi connectivity index (χ2v) is 10.2. The molecule has 1 aromatic rings. The Labute approximate surface area is 193 Å². The summed E-state index contributed by atoms with van der Waals surface area (Å²) in [6.45, 7) is 14.3. The third-order valence-electron chi connectivity index (χ3n) is 4.76. The number of phenolic OH excluding ortho intramolecular Hbond substituents is 1. The Morgan fingerprint density at radius 2 is 1.66 bits per heavy atom. The molecule has 0 aromatic heterocycles. The highest BCUT2D eigenvalue weighted by Crippen LogP contribution is 2.37. The predicted octanol–water partition coefficient (Wildman–Crippen LogP) is 3.58. The van der Waals surface area contributed by atoms with Crippen LogP contribution in [-0.4, -0.2) is 65.5 Å². The number of aromatic hydroxyl groups is 1. The van der Waals surface area contributed by atoms with Crippen molar-refractivity contribution in [3.63, 3.8) is 0 Å². The number of aliphatic hydroxyl groups is 3. The number of ether oxygens (including phenoxy) is 2. The molecule has 1 unspecified atom stereocenters. The SMILES string of the molecule is CO.C[C@H](O)C(CCOC(=O)c1cc(CC(C)(C)C)c(O)c(C(C)(C)C)c1)OCCCO. The number of phenols is 1. The zero-order valence-electron chi connectivity index (χ0n) is 21.1. The number of aliphatic hydroxyl groups excluding tert-OH is 3. The molecule has 0 heterocycles. The summed E-state index contributed by atoms with van der Waals surface area (Å²) in [4.78, 5) is 12.7. The van der Waals surface area contributed by atoms with E-state index in [1.165, 1.54) is 0 Å². The largest absolute Gasteiger partial charge is 0.507 e. The van der Waals surface area contributed by atoms with Crippen LogP contribution in [0, 0.1) is 5.41 Å². The summed E-state index contributed by atoms with van der Waals surface area (Å²) < 4.78 is 11.0. The van der Waals surface area contributed by atoms with Crippen molar-refractivity contribution in [2.45, 2.75) is 85.4 Å². The van der Waals surface area contributed by atoms with Crippen molar-refractivity contribution in [1.29, 1.82) is 0 Å². The molecule has 1 aromatic carbocycles. The van der Waals surface area contributed by atoms with Crippen LogP contribution in [0.25, 0.3) is 0 Å². The van der Waals surface area contributed by atoms with E-state index in [0.29, 0.717) is 37.0 Å². The first-order valence-corrected chi connectivity index (χ1v) is 11.1. The van der Waals surface area contributed by atoms with Gasteiger partial charge in [-0.05, 0) is 48.3 Å². The van der Waals surface area contributed by atoms with E-state index in [2.05, 4.69) is 20.8 Å². The molecular formula is C25H44O7. The Morgan fingerprint density at radius 3 is 2.12 bits per heavy atom. The topological polar surface area (TPSA) is 116 Å². The molecule has 0 amide bonds. The van der Waals surface area contributed by atoms with Crippen LogP contribution in [0.5, 0.6) is 5.75 Å². The molecule has 0 saturated carbocycles. The van der Waals surface area contributed by atoms with Gasteiger partial charge in [-0.1, -0.05) is 41.5 Å². The van der Waals surface area contributed by atoms with Gasteiger partial charge in [0.2, 0.25) is 0 Å². The van der Waals surface area contributed by atoms with E-state index in [-0.39, 0.29) is 29.8 Å². The van der Waals surface area contributed by atoms with Gasteiger partial charge >= 0.3 is 5.97 Å². The van der Waals surface area contributed by atoms with Gasteiger partial charge in [0.1, 0.15) is 5.75 Å². The first-order chi connectivity index (χ1) is 14.8. The fourth-order valence-corrected chi connectivity index (χ4v) is 3.20. The lowest BCUT2D eigenvalue weighted by Crippen LogP contribution is -2.29. The van der Waals surface area contributed by atoms with Crippen molar-refractivity contribution in [3.8, 4) is 5.75 Å². The summed E-state index contributed by atoms with van der Waals surface area (Å²) in [5.41, 5.74) is 1.48. The Hall–Kier alpha value is -1.67. The second kappa shape index (κ2) is 13.8. The minimum Gasteiger partial charge on any atom is -0.507 e. The number of esters is 1. The lowest BCUT2D eigenvalue weighted by Gasteiger charge is -2.26. The van der Waals surface area contributed by atoms with Crippen LogP contribution in [-0.2, 0) is 21.3 Å². The van der Waals surface area contributed by atoms with Crippen LogP contribution in [0.15, 0.2) is 12.1 Å². The average molecular weight is 457 g/mol. The molecule has 0 aliphatic carbocycles. The highest BCUT2D eigenvalue weighted by atomic mass is 16.5. The van der Waals surface area contributed by atoms with E-state index < -0.39 is 18.2 Å². The summed E-state index contributed by atoms with van der Waals surface area (Å²) in [7, 11) is 1.00. The summed E-state index contributed by atoms with van der Waals surface area (Å²) in [5, 5.41) is 36.5. The fraction of sp³-hybridized carbons (Fsp3) is 0.720. The van der Waals surface area contributed by atoms with Gasteiger partial charge in [0.15, 0.2) is 0 Å². The van der Waals surface area contributed by atoms with Crippen molar-refractivity contribution >= 4 is 5.97 Å². The van der Waals surface area contributed by atoms with Gasteiger partial charge in [-0.3, -0.25) is 0 Å². The average Bonchev–Trinajstić information content (AvgIpc) is 2.67. The molecule has 0 aliphatic heterocycles. The Morgan fingerprint density at radius 1 is 1.06 bits per heavy atom. The molecule has 0 bridgehead atoms. The zero-order chi connectivity index (χ0) is 25.1. The molecule has 4 N–H and O–H groups in total. The van der Waals surface area contributed by atoms with Crippen LogP contribution < -0.4 is 0 Å². The molecule has 0 aliphatic rings. The number of rotatable bonds is 10. The summed E-state index contributed by atoms with van der Waals surface area (Å²) >= 11 is 0. The molecule has 0 spiro atoms. The van der Waals surface area contributed by atoms with Crippen LogP contribution >= 0.6 is 0 Å². The van der Waals surface area contributed by atoms with Crippen molar-refractivity contribution in [2.75, 3.05) is 26.9 Å². The highest BCUT2D eigenvalue weighted by molar-refractivity contribution is 5.90. The van der Waals surface area contributed by atoms with Gasteiger partial charge in [0.05, 0.1) is 24.4 Å². The van der Waals surface area contributed by atoms with Crippen LogP contribution in [0.1, 0.15) is 82.8 Å². The minimum absolute atomic E-state index is 0.0232. The minimum atomic E-state index is -0.707. The zero-order valence-corrected chi connectivity index (χ0v) is 21.1. The monoisotopic (exact) mass is 456 g/mol. The van der Waals surface area contributed by atoms with E-state index in [9.17, 15) is 15.0 Å². The molecule has 0 saturated heterocycles. The summed E-state index contributed by atoms with van der Waals surface area (Å²) in [6, 6.07) is 3.41. The van der Waals surface area contributed by atoms with Gasteiger partial charge in [-0.15, -0.1) is 0 Å². The molecular weight excluding hydrogens is 412 g/mol. The molecule has 7 heteroatoms. The molecule has 7 nitrogen and oxygen atoms in total. The number of hydrogen-bond donors (Lipinski definition) is 4. The van der Waals surface area contributed by atoms with Crippen molar-refractivity contribution < 1.29 is 34.7 Å². The summed E-state index contributed by atoms with van der Waals surface area (Å²) in [5.74, 6) is -0.226. The van der Waals surface area contributed by atoms with Gasteiger partial charge in [0.25, 0.3) is 0 Å². The van der Waals surface area contributed by atoms with Gasteiger partial charge in [0, 0.05) is 32.3 Å². The normalized spacial score (nSPS) is 13.7. The van der Waals surface area contributed by atoms with Crippen LogP contribution in [0.2, 0.25) is 0 Å². The maximum atomic E-state index is 12.7. The van der Waals surface area contributed by atoms with Crippen molar-refractivity contribution in [3.05, 3.63) is 28.8 Å². The van der Waals surface area contributed by atoms with E-state index >= 15 is 0 Å². The number of carbonyl (C=O) groups excluding carboxylic acids is 1. The molecule has 0 fully saturated rings. The molecule has 0 radical (unpaired) electrons. The molecule has 1 rings (SSSR count). The lowest BCUT2D eigenvalue weighted by atomic mass is 9.80. The number of carbonyl (C=O) groups is 1. The maximum Gasteiger partial charge on any atom is 0.338 e. The summed E-state index contributed by atoms with van der Waals surface area (Å²) in [6.07, 6.45) is 0.301. The van der Waals surface area contributed by atoms with Crippen LogP contribution in [0.3, 0.4) is 0 Å². The third-order valence-corrected chi connectivity index (χ3v) is 4.76. The predicted molar refractivity (Wildman–Crippen MR) is 126 cm³/mol. The first-order valence-electron chi connectivity index (χ1n) is 11.1. The number of hydrogen-bond acceptors (Lipinski definition) is 7. The highest BCUT2D eigenvalue weighted by Gasteiger charge is 2.26. The van der Waals surface area contributed by atoms with Crippen molar-refractivity contribution in [1.82, 2.24) is 0 Å². The smallest absolute Gasteiger partial charge is 0.338 e. The standard InChI is InChI=1S/C24H40O6.CH4O/c1-16(26)20(29-11-8-10-25)9-12-30-22(28)17-13-18(15-23(2,3)4)21(27)19(14-17)24(5,6)7;1-2/h13-14,16,20,25-27H,8-12,15H2,1-7H3;2H,1H3/t16-,20?;/m0./s1. The van der Waals surface area contributed by atoms with E-state index in [1.54, 1.807) is 19.1 Å². The Balaban J connectivity index is 0.00000466. The third kappa shape index (κ3) is 10.8. The quantitative estimate of drug-likeness (QED) is 0.314. The van der Waals surface area contributed by atoms with Crippen molar-refractivity contribution in [2.24, 2.45) is 5.41 Å². The molecule has 186 valence electrons. The van der Waals surface area contributed by atoms with Gasteiger partial charge < -0.3 is 29.9 Å². The maximum absolute atomic E-state index is 12.7. The van der Waals surface area contributed by atoms with E-state index in [0.717, 1.165) is 12.7 Å². The molecule has 2 atom stereocenters. The fourth-order valence-electron chi connectivity index (χ4n) is 3.20. The van der Waals surface area contributed by atoms with E-state index in [4.69, 9.17) is 19.7 Å². The van der Waals surface area contributed by atoms with Crippen LogP contribution in [0.4, 0.5) is 0 Å². The first kappa shape index (κ1) is 30.3. The number of benzene rings is 1. The van der Waals surface area contributed by atoms with E-state index in [1.807, 2.05) is 20.8 Å². The lowest BCUT2D eigenvalue weighted by molar-refractivity contribution is -0.0458. The second-order valence-electron chi connectivity index (χ2n) is 10.2. The Bertz CT molecular complexity index is 685. The van der Waals surface area contributed by atoms with Gasteiger partial charge in [-0.2, -0.15) is 0 Å².